The van der Waals surface area contributed by atoms with E-state index in [2.05, 4.69) is 29.2 Å². The van der Waals surface area contributed by atoms with Crippen molar-refractivity contribution in [2.24, 2.45) is 11.7 Å². The first kappa shape index (κ1) is 13.6. The van der Waals surface area contributed by atoms with Crippen molar-refractivity contribution in [2.45, 2.75) is 44.6 Å². The van der Waals surface area contributed by atoms with Crippen molar-refractivity contribution in [3.8, 4) is 0 Å². The van der Waals surface area contributed by atoms with E-state index in [1.807, 2.05) is 0 Å². The predicted molar refractivity (Wildman–Crippen MR) is 80.4 cm³/mol. The molecule has 3 heteroatoms. The minimum absolute atomic E-state index is 0.184. The van der Waals surface area contributed by atoms with Gasteiger partial charge < -0.3 is 10.6 Å². The van der Waals surface area contributed by atoms with E-state index in [-0.39, 0.29) is 5.92 Å². The molecule has 1 fully saturated rings. The number of rotatable bonds is 5. The zero-order valence-corrected chi connectivity index (χ0v) is 12.1. The number of fused-ring (bicyclic) bond motifs is 1. The lowest BCUT2D eigenvalue weighted by molar-refractivity contribution is -0.136. The van der Waals surface area contributed by atoms with Gasteiger partial charge in [0.1, 0.15) is 0 Å². The third-order valence-electron chi connectivity index (χ3n) is 4.57. The summed E-state index contributed by atoms with van der Waals surface area (Å²) in [6.45, 7) is 1.52. The molecule has 0 aliphatic heterocycles. The molecule has 3 nitrogen and oxygen atoms in total. The summed E-state index contributed by atoms with van der Waals surface area (Å²) < 4.78 is 0. The number of carbonyl (C=O) groups is 1. The molecule has 1 aromatic rings. The summed E-state index contributed by atoms with van der Waals surface area (Å²) in [6.07, 6.45) is 6.25. The fourth-order valence-electron chi connectivity index (χ4n) is 3.26. The number of amides is 1. The summed E-state index contributed by atoms with van der Waals surface area (Å²) >= 11 is 0. The second-order valence-electron chi connectivity index (χ2n) is 6.11. The molecular formula is C17H24N2O. The van der Waals surface area contributed by atoms with Crippen LogP contribution in [0.4, 0.5) is 0 Å². The predicted octanol–water partition coefficient (Wildman–Crippen LogP) is 2.13. The molecule has 1 unspecified atom stereocenters. The molecule has 2 N–H and O–H groups in total. The zero-order valence-electron chi connectivity index (χ0n) is 12.1. The monoisotopic (exact) mass is 272 g/mol. The third kappa shape index (κ3) is 2.88. The van der Waals surface area contributed by atoms with Crippen molar-refractivity contribution in [2.75, 3.05) is 13.1 Å². The highest BCUT2D eigenvalue weighted by molar-refractivity contribution is 5.80. The first-order valence-corrected chi connectivity index (χ1v) is 7.87. The van der Waals surface area contributed by atoms with Crippen LogP contribution in [0.1, 0.15) is 36.8 Å². The molecule has 1 atom stereocenters. The maximum atomic E-state index is 12.8. The van der Waals surface area contributed by atoms with E-state index in [4.69, 9.17) is 5.73 Å². The van der Waals surface area contributed by atoms with Gasteiger partial charge in [0, 0.05) is 18.5 Å². The van der Waals surface area contributed by atoms with Crippen LogP contribution >= 0.6 is 0 Å². The Hall–Kier alpha value is -1.35. The molecule has 0 radical (unpaired) electrons. The Morgan fingerprint density at radius 1 is 1.20 bits per heavy atom. The summed E-state index contributed by atoms with van der Waals surface area (Å²) in [4.78, 5) is 14.9. The Bertz CT molecular complexity index is 482. The Balaban J connectivity index is 1.68. The van der Waals surface area contributed by atoms with Crippen LogP contribution in [0.3, 0.4) is 0 Å². The lowest BCUT2D eigenvalue weighted by Gasteiger charge is -2.30. The average Bonchev–Trinajstić information content (AvgIpc) is 3.32. The van der Waals surface area contributed by atoms with Gasteiger partial charge in [-0.15, -0.1) is 0 Å². The second-order valence-corrected chi connectivity index (χ2v) is 6.11. The van der Waals surface area contributed by atoms with E-state index in [0.717, 1.165) is 32.2 Å². The van der Waals surface area contributed by atoms with Gasteiger partial charge in [-0.3, -0.25) is 4.79 Å². The van der Waals surface area contributed by atoms with E-state index in [1.165, 1.54) is 24.0 Å². The maximum absolute atomic E-state index is 12.8. The van der Waals surface area contributed by atoms with Gasteiger partial charge in [0.2, 0.25) is 5.91 Å². The Kier molecular flexibility index (Phi) is 4.06. The third-order valence-corrected chi connectivity index (χ3v) is 4.57. The van der Waals surface area contributed by atoms with Gasteiger partial charge in [0.25, 0.3) is 0 Å². The van der Waals surface area contributed by atoms with Crippen LogP contribution in [0, 0.1) is 5.92 Å². The summed E-state index contributed by atoms with van der Waals surface area (Å²) in [5, 5.41) is 0. The molecule has 1 amide bonds. The van der Waals surface area contributed by atoms with E-state index in [0.29, 0.717) is 18.5 Å². The van der Waals surface area contributed by atoms with Gasteiger partial charge in [0.15, 0.2) is 0 Å². The van der Waals surface area contributed by atoms with E-state index in [1.54, 1.807) is 0 Å². The molecule has 108 valence electrons. The van der Waals surface area contributed by atoms with E-state index >= 15 is 0 Å². The van der Waals surface area contributed by atoms with Crippen molar-refractivity contribution in [3.05, 3.63) is 35.4 Å². The van der Waals surface area contributed by atoms with Crippen LogP contribution in [-0.4, -0.2) is 29.9 Å². The lowest BCUT2D eigenvalue weighted by Crippen LogP contribution is -2.41. The van der Waals surface area contributed by atoms with Crippen LogP contribution in [0.2, 0.25) is 0 Å². The fourth-order valence-corrected chi connectivity index (χ4v) is 3.26. The molecule has 20 heavy (non-hydrogen) atoms. The molecule has 0 spiro atoms. The van der Waals surface area contributed by atoms with Gasteiger partial charge >= 0.3 is 0 Å². The van der Waals surface area contributed by atoms with Gasteiger partial charge in [-0.05, 0) is 56.2 Å². The summed E-state index contributed by atoms with van der Waals surface area (Å²) in [6, 6.07) is 9.06. The second kappa shape index (κ2) is 5.96. The average molecular weight is 272 g/mol. The van der Waals surface area contributed by atoms with Gasteiger partial charge in [-0.1, -0.05) is 24.3 Å². The van der Waals surface area contributed by atoms with E-state index < -0.39 is 0 Å². The number of hydrogen-bond acceptors (Lipinski definition) is 2. The molecule has 0 saturated heterocycles. The van der Waals surface area contributed by atoms with E-state index in [9.17, 15) is 4.79 Å². The van der Waals surface area contributed by atoms with Crippen molar-refractivity contribution < 1.29 is 4.79 Å². The molecule has 1 saturated carbocycles. The Morgan fingerprint density at radius 3 is 2.65 bits per heavy atom. The molecule has 3 rings (SSSR count). The summed E-state index contributed by atoms with van der Waals surface area (Å²) in [5.74, 6) is 0.554. The number of benzene rings is 1. The molecular weight excluding hydrogens is 248 g/mol. The number of hydrogen-bond donors (Lipinski definition) is 1. The standard InChI is InChI=1S/C17H24N2O/c18-10-3-11-19(16-8-9-16)17(20)15-7-6-13-4-1-2-5-14(13)12-15/h1-2,4-5,15-16H,3,6-12,18H2. The minimum atomic E-state index is 0.184. The highest BCUT2D eigenvalue weighted by Gasteiger charge is 2.36. The van der Waals surface area contributed by atoms with Crippen molar-refractivity contribution in [3.63, 3.8) is 0 Å². The van der Waals surface area contributed by atoms with Gasteiger partial charge in [-0.25, -0.2) is 0 Å². The van der Waals surface area contributed by atoms with Crippen LogP contribution in [0.25, 0.3) is 0 Å². The zero-order chi connectivity index (χ0) is 13.9. The van der Waals surface area contributed by atoms with Crippen LogP contribution < -0.4 is 5.73 Å². The molecule has 0 bridgehead atoms. The number of nitrogens with zero attached hydrogens (tertiary/aromatic N) is 1. The lowest BCUT2D eigenvalue weighted by atomic mass is 9.83. The maximum Gasteiger partial charge on any atom is 0.226 e. The normalized spacial score (nSPS) is 21.4. The number of carbonyl (C=O) groups excluding carboxylic acids is 1. The van der Waals surface area contributed by atoms with Crippen LogP contribution in [0.5, 0.6) is 0 Å². The topological polar surface area (TPSA) is 46.3 Å². The number of aryl methyl sites for hydroxylation is 1. The highest BCUT2D eigenvalue weighted by atomic mass is 16.2. The molecule has 0 aromatic heterocycles. The van der Waals surface area contributed by atoms with Crippen molar-refractivity contribution in [1.82, 2.24) is 4.90 Å². The molecule has 2 aliphatic rings. The quantitative estimate of drug-likeness (QED) is 0.892. The van der Waals surface area contributed by atoms with Gasteiger partial charge in [0.05, 0.1) is 0 Å². The van der Waals surface area contributed by atoms with Crippen LogP contribution in [-0.2, 0) is 17.6 Å². The Labute approximate surface area is 121 Å². The van der Waals surface area contributed by atoms with Crippen molar-refractivity contribution in [1.29, 1.82) is 0 Å². The fraction of sp³-hybridized carbons (Fsp3) is 0.588. The molecule has 1 aromatic carbocycles. The highest BCUT2D eigenvalue weighted by Crippen LogP contribution is 2.32. The molecule has 0 heterocycles. The van der Waals surface area contributed by atoms with Gasteiger partial charge in [-0.2, -0.15) is 0 Å². The van der Waals surface area contributed by atoms with Crippen LogP contribution in [0.15, 0.2) is 24.3 Å². The smallest absolute Gasteiger partial charge is 0.226 e. The summed E-state index contributed by atoms with van der Waals surface area (Å²) in [7, 11) is 0. The largest absolute Gasteiger partial charge is 0.339 e. The molecule has 2 aliphatic carbocycles. The SMILES string of the molecule is NCCCN(C(=O)C1CCc2ccccc2C1)C1CC1. The Morgan fingerprint density at radius 2 is 1.95 bits per heavy atom. The van der Waals surface area contributed by atoms with Crippen molar-refractivity contribution >= 4 is 5.91 Å². The number of nitrogens with two attached hydrogens (primary N) is 1. The first-order valence-electron chi connectivity index (χ1n) is 7.87. The first-order chi connectivity index (χ1) is 9.79. The minimum Gasteiger partial charge on any atom is -0.339 e. The summed E-state index contributed by atoms with van der Waals surface area (Å²) in [5.41, 5.74) is 8.40.